The summed E-state index contributed by atoms with van der Waals surface area (Å²) in [7, 11) is -3.80. The minimum Gasteiger partial charge on any atom is -0.457 e. The number of sulfonamides is 1. The summed E-state index contributed by atoms with van der Waals surface area (Å²) in [6.07, 6.45) is -3.67. The van der Waals surface area contributed by atoms with Gasteiger partial charge in [-0.1, -0.05) is 23.7 Å². The predicted octanol–water partition coefficient (Wildman–Crippen LogP) is 5.51. The van der Waals surface area contributed by atoms with Crippen molar-refractivity contribution in [2.24, 2.45) is 0 Å². The van der Waals surface area contributed by atoms with E-state index in [-0.39, 0.29) is 11.3 Å². The Morgan fingerprint density at radius 1 is 0.968 bits per heavy atom. The molecule has 31 heavy (non-hydrogen) atoms. The number of carbonyl (C=O) groups excluding carboxylic acids is 1. The van der Waals surface area contributed by atoms with Crippen LogP contribution in [0.25, 0.3) is 11.1 Å². The third kappa shape index (κ3) is 5.99. The molecule has 1 N–H and O–H groups in total. The molecule has 0 unspecified atom stereocenters. The Balaban J connectivity index is 2.05. The van der Waals surface area contributed by atoms with E-state index in [2.05, 4.69) is 0 Å². The van der Waals surface area contributed by atoms with E-state index in [1.165, 1.54) is 30.3 Å². The monoisotopic (exact) mass is 469 g/mol. The van der Waals surface area contributed by atoms with Crippen molar-refractivity contribution >= 4 is 27.5 Å². The molecule has 3 aromatic rings. The second kappa shape index (κ2) is 8.60. The Labute approximate surface area is 181 Å². The van der Waals surface area contributed by atoms with E-state index in [0.29, 0.717) is 21.9 Å². The first-order chi connectivity index (χ1) is 14.4. The topological polar surface area (TPSA) is 72.5 Å². The van der Waals surface area contributed by atoms with E-state index in [1.54, 1.807) is 24.3 Å². The number of ether oxygens (including phenoxy) is 1. The van der Waals surface area contributed by atoms with Gasteiger partial charge in [-0.25, -0.2) is 13.1 Å². The van der Waals surface area contributed by atoms with Crippen LogP contribution in [0.1, 0.15) is 15.9 Å². The third-order valence-corrected chi connectivity index (χ3v) is 4.89. The van der Waals surface area contributed by atoms with E-state index >= 15 is 0 Å². The minimum absolute atomic E-state index is 0.0104. The zero-order chi connectivity index (χ0) is 22.8. The molecular weight excluding hydrogens is 455 g/mol. The number of alkyl halides is 3. The lowest BCUT2D eigenvalue weighted by Crippen LogP contribution is -2.29. The Kier molecular flexibility index (Phi) is 6.28. The van der Waals surface area contributed by atoms with Gasteiger partial charge < -0.3 is 4.74 Å². The molecule has 5 nitrogen and oxygen atoms in total. The van der Waals surface area contributed by atoms with Gasteiger partial charge in [-0.15, -0.1) is 0 Å². The SMILES string of the molecule is CS(=O)(=O)NC(=O)c1ccc(Oc2ccc(Cl)cc2)c(-c2ccc(C(F)(F)F)cc2)c1. The summed E-state index contributed by atoms with van der Waals surface area (Å²) in [5, 5.41) is 0.489. The van der Waals surface area contributed by atoms with Gasteiger partial charge in [0.2, 0.25) is 10.0 Å². The summed E-state index contributed by atoms with van der Waals surface area (Å²) < 4.78 is 69.1. The number of rotatable bonds is 5. The van der Waals surface area contributed by atoms with Crippen LogP contribution in [0.2, 0.25) is 5.02 Å². The molecule has 0 atom stereocenters. The molecule has 0 saturated heterocycles. The fraction of sp³-hybridized carbons (Fsp3) is 0.0952. The highest BCUT2D eigenvalue weighted by Gasteiger charge is 2.30. The fourth-order valence-electron chi connectivity index (χ4n) is 2.68. The smallest absolute Gasteiger partial charge is 0.416 e. The van der Waals surface area contributed by atoms with Crippen molar-refractivity contribution in [2.75, 3.05) is 6.26 Å². The van der Waals surface area contributed by atoms with Crippen LogP contribution in [-0.2, 0) is 16.2 Å². The standard InChI is InChI=1S/C21H15ClF3NO4S/c1-31(28,29)26-20(27)14-4-11-19(30-17-9-7-16(22)8-10-17)18(12-14)13-2-5-15(6-3-13)21(23,24)25/h2-12H,1H3,(H,26,27). The highest BCUT2D eigenvalue weighted by Crippen LogP contribution is 2.36. The summed E-state index contributed by atoms with van der Waals surface area (Å²) in [6.45, 7) is 0. The number of halogens is 4. The molecule has 0 fully saturated rings. The molecule has 0 saturated carbocycles. The normalized spacial score (nSPS) is 11.8. The van der Waals surface area contributed by atoms with Crippen LogP contribution in [0.5, 0.6) is 11.5 Å². The van der Waals surface area contributed by atoms with Gasteiger partial charge in [-0.05, 0) is 60.2 Å². The van der Waals surface area contributed by atoms with Crippen LogP contribution in [0.3, 0.4) is 0 Å². The van der Waals surface area contributed by atoms with Crippen LogP contribution in [0.4, 0.5) is 13.2 Å². The maximum absolute atomic E-state index is 12.9. The Morgan fingerprint density at radius 2 is 1.58 bits per heavy atom. The lowest BCUT2D eigenvalue weighted by Gasteiger charge is -2.14. The average molecular weight is 470 g/mol. The summed E-state index contributed by atoms with van der Waals surface area (Å²) >= 11 is 5.86. The van der Waals surface area contributed by atoms with E-state index in [0.717, 1.165) is 18.4 Å². The molecule has 0 aromatic heterocycles. The van der Waals surface area contributed by atoms with Crippen molar-refractivity contribution in [1.82, 2.24) is 4.72 Å². The number of hydrogen-bond donors (Lipinski definition) is 1. The fourth-order valence-corrected chi connectivity index (χ4v) is 3.26. The van der Waals surface area contributed by atoms with Crippen molar-refractivity contribution in [3.8, 4) is 22.6 Å². The van der Waals surface area contributed by atoms with Crippen molar-refractivity contribution in [1.29, 1.82) is 0 Å². The molecule has 3 rings (SSSR count). The number of benzene rings is 3. The number of hydrogen-bond acceptors (Lipinski definition) is 4. The van der Waals surface area contributed by atoms with Gasteiger partial charge in [0.15, 0.2) is 0 Å². The Hall–Kier alpha value is -3.04. The zero-order valence-corrected chi connectivity index (χ0v) is 17.5. The second-order valence-corrected chi connectivity index (χ2v) is 8.73. The van der Waals surface area contributed by atoms with Crippen molar-refractivity contribution in [3.63, 3.8) is 0 Å². The lowest BCUT2D eigenvalue weighted by atomic mass is 10.00. The minimum atomic E-state index is -4.50. The molecule has 10 heteroatoms. The number of carbonyl (C=O) groups is 1. The zero-order valence-electron chi connectivity index (χ0n) is 15.9. The first-order valence-electron chi connectivity index (χ1n) is 8.69. The van der Waals surface area contributed by atoms with E-state index < -0.39 is 27.7 Å². The van der Waals surface area contributed by atoms with E-state index in [9.17, 15) is 26.4 Å². The van der Waals surface area contributed by atoms with Gasteiger partial charge in [-0.2, -0.15) is 13.2 Å². The van der Waals surface area contributed by atoms with Crippen LogP contribution in [-0.4, -0.2) is 20.6 Å². The summed E-state index contributed by atoms with van der Waals surface area (Å²) in [4.78, 5) is 12.2. The molecule has 0 aliphatic carbocycles. The molecule has 1 amide bonds. The quantitative estimate of drug-likeness (QED) is 0.535. The molecule has 3 aromatic carbocycles. The lowest BCUT2D eigenvalue weighted by molar-refractivity contribution is -0.137. The van der Waals surface area contributed by atoms with Crippen LogP contribution >= 0.6 is 11.6 Å². The van der Waals surface area contributed by atoms with Crippen LogP contribution < -0.4 is 9.46 Å². The van der Waals surface area contributed by atoms with Gasteiger partial charge in [0, 0.05) is 16.1 Å². The van der Waals surface area contributed by atoms with E-state index in [1.807, 2.05) is 4.72 Å². The molecule has 0 heterocycles. The summed E-state index contributed by atoms with van der Waals surface area (Å²) in [5.41, 5.74) is -0.207. The summed E-state index contributed by atoms with van der Waals surface area (Å²) in [6, 6.07) is 14.8. The molecule has 0 aliphatic heterocycles. The van der Waals surface area contributed by atoms with Crippen LogP contribution in [0, 0.1) is 0 Å². The van der Waals surface area contributed by atoms with Gasteiger partial charge >= 0.3 is 6.18 Å². The second-order valence-electron chi connectivity index (χ2n) is 6.55. The number of amides is 1. The average Bonchev–Trinajstić information content (AvgIpc) is 2.68. The molecule has 0 aliphatic rings. The highest BCUT2D eigenvalue weighted by molar-refractivity contribution is 7.89. The van der Waals surface area contributed by atoms with E-state index in [4.69, 9.17) is 16.3 Å². The van der Waals surface area contributed by atoms with Crippen LogP contribution in [0.15, 0.2) is 66.7 Å². The number of nitrogens with one attached hydrogen (secondary N) is 1. The first-order valence-corrected chi connectivity index (χ1v) is 11.0. The predicted molar refractivity (Wildman–Crippen MR) is 111 cm³/mol. The molecule has 0 spiro atoms. The van der Waals surface area contributed by atoms with Gasteiger partial charge in [-0.3, -0.25) is 4.79 Å². The Morgan fingerprint density at radius 3 is 2.13 bits per heavy atom. The third-order valence-electron chi connectivity index (χ3n) is 4.08. The van der Waals surface area contributed by atoms with Crippen molar-refractivity contribution in [3.05, 3.63) is 82.9 Å². The molecule has 162 valence electrons. The Bertz CT molecular complexity index is 1210. The van der Waals surface area contributed by atoms with Gasteiger partial charge in [0.1, 0.15) is 11.5 Å². The molecule has 0 radical (unpaired) electrons. The maximum atomic E-state index is 12.9. The maximum Gasteiger partial charge on any atom is 0.416 e. The highest BCUT2D eigenvalue weighted by atomic mass is 35.5. The summed E-state index contributed by atoms with van der Waals surface area (Å²) in [5.74, 6) is -0.224. The van der Waals surface area contributed by atoms with Gasteiger partial charge in [0.05, 0.1) is 11.8 Å². The van der Waals surface area contributed by atoms with Gasteiger partial charge in [0.25, 0.3) is 5.91 Å². The molecular formula is C21H15ClF3NO4S. The molecule has 0 bridgehead atoms. The van der Waals surface area contributed by atoms with Crippen molar-refractivity contribution < 1.29 is 31.1 Å². The first kappa shape index (κ1) is 22.6. The largest absolute Gasteiger partial charge is 0.457 e. The van der Waals surface area contributed by atoms with Crippen molar-refractivity contribution in [2.45, 2.75) is 6.18 Å².